The molecule has 4 rings (SSSR count). The smallest absolute Gasteiger partial charge is 0.258 e. The number of carbonyl (C=O) groups is 1. The molecule has 0 saturated heterocycles. The molecule has 0 aliphatic carbocycles. The number of aromatic nitrogens is 2. The third-order valence-corrected chi connectivity index (χ3v) is 5.05. The number of amides is 1. The minimum atomic E-state index is -1.02. The van der Waals surface area contributed by atoms with Gasteiger partial charge in [-0.05, 0) is 36.8 Å². The summed E-state index contributed by atoms with van der Waals surface area (Å²) in [5.41, 5.74) is 2.29. The maximum atomic E-state index is 13.0. The van der Waals surface area contributed by atoms with Gasteiger partial charge in [0, 0.05) is 11.6 Å². The van der Waals surface area contributed by atoms with E-state index in [0.717, 1.165) is 5.56 Å². The first-order valence-corrected chi connectivity index (χ1v) is 9.32. The van der Waals surface area contributed by atoms with Crippen molar-refractivity contribution in [3.63, 3.8) is 0 Å². The predicted molar refractivity (Wildman–Crippen MR) is 112 cm³/mol. The lowest BCUT2D eigenvalue weighted by atomic mass is 9.79. The number of carbonyl (C=O) groups excluding carboxylic acids is 1. The zero-order valence-corrected chi connectivity index (χ0v) is 16.4. The molecule has 1 aliphatic rings. The number of aromatic amines is 1. The van der Waals surface area contributed by atoms with Crippen LogP contribution in [0.4, 0.5) is 17.5 Å². The largest absolute Gasteiger partial charge is 0.497 e. The van der Waals surface area contributed by atoms with Gasteiger partial charge in [0.25, 0.3) is 5.56 Å². The Kier molecular flexibility index (Phi) is 4.94. The second-order valence-corrected chi connectivity index (χ2v) is 7.01. The quantitative estimate of drug-likeness (QED) is 0.618. The third-order valence-electron chi connectivity index (χ3n) is 5.05. The SMILES string of the molecule is COc1ccc(Nc2nc3c(c(=O)[nH]2)[C@H](c2ccc(C)cc2)[C@H](C#N)C(=O)N3)cc1. The second kappa shape index (κ2) is 7.72. The van der Waals surface area contributed by atoms with E-state index in [-0.39, 0.29) is 17.3 Å². The van der Waals surface area contributed by atoms with Gasteiger partial charge in [0.05, 0.1) is 18.7 Å². The molecule has 8 nitrogen and oxygen atoms in total. The number of hydrogen-bond donors (Lipinski definition) is 3. The van der Waals surface area contributed by atoms with Gasteiger partial charge >= 0.3 is 0 Å². The van der Waals surface area contributed by atoms with E-state index in [1.165, 1.54) is 0 Å². The van der Waals surface area contributed by atoms with Crippen LogP contribution in [0.15, 0.2) is 53.3 Å². The van der Waals surface area contributed by atoms with Crippen LogP contribution >= 0.6 is 0 Å². The Morgan fingerprint density at radius 1 is 1.10 bits per heavy atom. The number of hydrogen-bond acceptors (Lipinski definition) is 6. The molecule has 2 aromatic carbocycles. The van der Waals surface area contributed by atoms with Crippen molar-refractivity contribution in [1.29, 1.82) is 5.26 Å². The van der Waals surface area contributed by atoms with E-state index in [9.17, 15) is 14.9 Å². The van der Waals surface area contributed by atoms with Crippen LogP contribution in [0.5, 0.6) is 5.75 Å². The van der Waals surface area contributed by atoms with Gasteiger partial charge in [0.1, 0.15) is 17.5 Å². The number of nitriles is 1. The number of ether oxygens (including phenoxy) is 1. The van der Waals surface area contributed by atoms with Crippen molar-refractivity contribution in [2.24, 2.45) is 5.92 Å². The fourth-order valence-electron chi connectivity index (χ4n) is 3.52. The van der Waals surface area contributed by atoms with Gasteiger partial charge in [-0.3, -0.25) is 14.6 Å². The number of anilines is 3. The van der Waals surface area contributed by atoms with E-state index < -0.39 is 23.3 Å². The Labute approximate surface area is 172 Å². The molecule has 0 radical (unpaired) electrons. The molecule has 2 heterocycles. The van der Waals surface area contributed by atoms with Gasteiger partial charge in [-0.15, -0.1) is 0 Å². The van der Waals surface area contributed by atoms with Crippen LogP contribution in [0.3, 0.4) is 0 Å². The topological polar surface area (TPSA) is 120 Å². The molecule has 8 heteroatoms. The zero-order chi connectivity index (χ0) is 21.3. The number of aryl methyl sites for hydroxylation is 1. The van der Waals surface area contributed by atoms with Crippen molar-refractivity contribution in [3.05, 3.63) is 75.6 Å². The van der Waals surface area contributed by atoms with Crippen molar-refractivity contribution in [3.8, 4) is 11.8 Å². The first-order valence-electron chi connectivity index (χ1n) is 9.32. The summed E-state index contributed by atoms with van der Waals surface area (Å²) in [6.07, 6.45) is 0. The summed E-state index contributed by atoms with van der Waals surface area (Å²) in [5.74, 6) is -1.18. The lowest BCUT2D eigenvalue weighted by molar-refractivity contribution is -0.119. The molecule has 0 fully saturated rings. The van der Waals surface area contributed by atoms with Gasteiger partial charge in [-0.2, -0.15) is 10.2 Å². The summed E-state index contributed by atoms with van der Waals surface area (Å²) in [6.45, 7) is 1.94. The van der Waals surface area contributed by atoms with Gasteiger partial charge in [0.2, 0.25) is 11.9 Å². The molecule has 150 valence electrons. The molecule has 1 aromatic heterocycles. The van der Waals surface area contributed by atoms with E-state index in [4.69, 9.17) is 4.74 Å². The first kappa shape index (κ1) is 19.2. The van der Waals surface area contributed by atoms with Crippen LogP contribution < -0.4 is 20.9 Å². The summed E-state index contributed by atoms with van der Waals surface area (Å²) in [7, 11) is 1.58. The molecule has 2 atom stereocenters. The van der Waals surface area contributed by atoms with E-state index in [1.807, 2.05) is 37.3 Å². The van der Waals surface area contributed by atoms with Crippen LogP contribution in [0.2, 0.25) is 0 Å². The number of benzene rings is 2. The summed E-state index contributed by atoms with van der Waals surface area (Å²) < 4.78 is 5.13. The normalized spacial score (nSPS) is 17.4. The van der Waals surface area contributed by atoms with Crippen molar-refractivity contribution in [2.75, 3.05) is 17.7 Å². The van der Waals surface area contributed by atoms with E-state index in [1.54, 1.807) is 31.4 Å². The van der Waals surface area contributed by atoms with Crippen LogP contribution in [0, 0.1) is 24.2 Å². The van der Waals surface area contributed by atoms with Gasteiger partial charge in [-0.25, -0.2) is 0 Å². The lowest BCUT2D eigenvalue weighted by Gasteiger charge is -2.28. The second-order valence-electron chi connectivity index (χ2n) is 7.01. The standard InChI is InChI=1S/C22H19N5O3/c1-12-3-5-13(6-4-12)17-16(11-23)20(28)25-19-18(17)21(29)27-22(26-19)24-14-7-9-15(30-2)10-8-14/h3-10,16-17H,1-2H3,(H3,24,25,26,27,28,29)/t16-,17+/m0/s1. The monoisotopic (exact) mass is 401 g/mol. The molecule has 0 saturated carbocycles. The Morgan fingerprint density at radius 3 is 2.43 bits per heavy atom. The molecular weight excluding hydrogens is 382 g/mol. The fraction of sp³-hybridized carbons (Fsp3) is 0.182. The van der Waals surface area contributed by atoms with Gasteiger partial charge < -0.3 is 15.4 Å². The average molecular weight is 401 g/mol. The van der Waals surface area contributed by atoms with Crippen LogP contribution in [0.25, 0.3) is 0 Å². The number of methoxy groups -OCH3 is 1. The summed E-state index contributed by atoms with van der Waals surface area (Å²) in [5, 5.41) is 15.2. The molecular formula is C22H19N5O3. The van der Waals surface area contributed by atoms with Crippen LogP contribution in [0.1, 0.15) is 22.6 Å². The Hall–Kier alpha value is -4.12. The zero-order valence-electron chi connectivity index (χ0n) is 16.4. The van der Waals surface area contributed by atoms with E-state index >= 15 is 0 Å². The maximum Gasteiger partial charge on any atom is 0.258 e. The highest BCUT2D eigenvalue weighted by atomic mass is 16.5. The van der Waals surface area contributed by atoms with Crippen LogP contribution in [-0.4, -0.2) is 23.0 Å². The molecule has 0 unspecified atom stereocenters. The minimum absolute atomic E-state index is 0.150. The van der Waals surface area contributed by atoms with E-state index in [2.05, 4.69) is 20.6 Å². The molecule has 0 bridgehead atoms. The van der Waals surface area contributed by atoms with Crippen molar-refractivity contribution < 1.29 is 9.53 Å². The summed E-state index contributed by atoms with van der Waals surface area (Å²) in [4.78, 5) is 32.6. The molecule has 30 heavy (non-hydrogen) atoms. The Bertz CT molecular complexity index is 1190. The summed E-state index contributed by atoms with van der Waals surface area (Å²) in [6, 6.07) is 16.6. The van der Waals surface area contributed by atoms with Crippen LogP contribution in [-0.2, 0) is 4.79 Å². The maximum absolute atomic E-state index is 13.0. The molecule has 3 aromatic rings. The number of nitrogens with one attached hydrogen (secondary N) is 3. The number of fused-ring (bicyclic) bond motifs is 1. The highest BCUT2D eigenvalue weighted by Gasteiger charge is 2.40. The Balaban J connectivity index is 1.76. The number of nitrogens with zero attached hydrogens (tertiary/aromatic N) is 2. The molecule has 0 spiro atoms. The third kappa shape index (κ3) is 3.49. The number of H-pyrrole nitrogens is 1. The summed E-state index contributed by atoms with van der Waals surface area (Å²) >= 11 is 0. The van der Waals surface area contributed by atoms with Crippen molar-refractivity contribution in [2.45, 2.75) is 12.8 Å². The Morgan fingerprint density at radius 2 is 1.80 bits per heavy atom. The fourth-order valence-corrected chi connectivity index (χ4v) is 3.52. The highest BCUT2D eigenvalue weighted by molar-refractivity contribution is 5.98. The molecule has 1 aliphatic heterocycles. The molecule has 3 N–H and O–H groups in total. The van der Waals surface area contributed by atoms with E-state index in [0.29, 0.717) is 17.0 Å². The lowest BCUT2D eigenvalue weighted by Crippen LogP contribution is -2.38. The average Bonchev–Trinajstić information content (AvgIpc) is 2.74. The number of rotatable bonds is 4. The minimum Gasteiger partial charge on any atom is -0.497 e. The van der Waals surface area contributed by atoms with Gasteiger partial charge in [-0.1, -0.05) is 29.8 Å². The van der Waals surface area contributed by atoms with Crippen molar-refractivity contribution >= 4 is 23.4 Å². The van der Waals surface area contributed by atoms with Gasteiger partial charge in [0.15, 0.2) is 0 Å². The molecule has 1 amide bonds. The first-order chi connectivity index (χ1) is 14.5. The predicted octanol–water partition coefficient (Wildman–Crippen LogP) is 3.05. The van der Waals surface area contributed by atoms with Crippen molar-refractivity contribution in [1.82, 2.24) is 9.97 Å². The highest BCUT2D eigenvalue weighted by Crippen LogP contribution is 2.38.